The summed E-state index contributed by atoms with van der Waals surface area (Å²) in [6, 6.07) is 3.37. The van der Waals surface area contributed by atoms with E-state index in [1.807, 2.05) is 17.5 Å². The molecule has 7 nitrogen and oxygen atoms in total. The largest absolute Gasteiger partial charge is 0.493 e. The minimum atomic E-state index is -0.420. The van der Waals surface area contributed by atoms with Gasteiger partial charge in [0, 0.05) is 17.8 Å². The van der Waals surface area contributed by atoms with Crippen LogP contribution >= 0.6 is 11.3 Å². The van der Waals surface area contributed by atoms with Gasteiger partial charge in [0.1, 0.15) is 0 Å². The van der Waals surface area contributed by atoms with Gasteiger partial charge < -0.3 is 19.1 Å². The number of methoxy groups -OCH3 is 3. The second-order valence-corrected chi connectivity index (χ2v) is 8.44. The number of carbonyl (C=O) groups is 2. The highest BCUT2D eigenvalue weighted by atomic mass is 32.1. The van der Waals surface area contributed by atoms with Crippen molar-refractivity contribution in [1.82, 2.24) is 9.88 Å². The quantitative estimate of drug-likeness (QED) is 0.623. The van der Waals surface area contributed by atoms with Crippen molar-refractivity contribution in [3.8, 4) is 11.5 Å². The van der Waals surface area contributed by atoms with Gasteiger partial charge in [-0.2, -0.15) is 0 Å². The van der Waals surface area contributed by atoms with Gasteiger partial charge in [0.2, 0.25) is 5.91 Å². The number of thiazole rings is 1. The molecule has 2 aromatic rings. The van der Waals surface area contributed by atoms with Gasteiger partial charge in [-0.1, -0.05) is 13.8 Å². The summed E-state index contributed by atoms with van der Waals surface area (Å²) in [4.78, 5) is 31.7. The monoisotopic (exact) mass is 432 g/mol. The number of esters is 1. The summed E-state index contributed by atoms with van der Waals surface area (Å²) in [5.41, 5.74) is 2.70. The van der Waals surface area contributed by atoms with E-state index in [1.165, 1.54) is 7.11 Å². The molecule has 0 bridgehead atoms. The first-order valence-electron chi connectivity index (χ1n) is 9.93. The fraction of sp³-hybridized carbons (Fsp3) is 0.500. The molecular weight excluding hydrogens is 404 g/mol. The summed E-state index contributed by atoms with van der Waals surface area (Å²) in [6.07, 6.45) is 0.968. The number of rotatable bonds is 7. The van der Waals surface area contributed by atoms with Gasteiger partial charge in [0.25, 0.3) is 0 Å². The third-order valence-electron chi connectivity index (χ3n) is 5.31. The molecule has 0 saturated heterocycles. The van der Waals surface area contributed by atoms with E-state index in [0.717, 1.165) is 21.8 Å². The molecule has 1 aromatic heterocycles. The molecule has 2 heterocycles. The van der Waals surface area contributed by atoms with Gasteiger partial charge in [-0.3, -0.25) is 9.59 Å². The maximum Gasteiger partial charge on any atom is 0.307 e. The van der Waals surface area contributed by atoms with Crippen molar-refractivity contribution in [2.75, 3.05) is 27.9 Å². The molecule has 0 N–H and O–H groups in total. The number of aromatic nitrogens is 1. The van der Waals surface area contributed by atoms with Gasteiger partial charge >= 0.3 is 5.97 Å². The Balaban J connectivity index is 1.91. The van der Waals surface area contributed by atoms with Crippen LogP contribution < -0.4 is 9.47 Å². The van der Waals surface area contributed by atoms with Gasteiger partial charge in [0.15, 0.2) is 11.5 Å². The van der Waals surface area contributed by atoms with Crippen molar-refractivity contribution in [1.29, 1.82) is 0 Å². The molecule has 1 amide bonds. The van der Waals surface area contributed by atoms with Gasteiger partial charge in [-0.25, -0.2) is 4.98 Å². The predicted octanol–water partition coefficient (Wildman–Crippen LogP) is 3.52. The molecule has 0 fully saturated rings. The van der Waals surface area contributed by atoms with Crippen LogP contribution in [-0.4, -0.2) is 49.6 Å². The highest BCUT2D eigenvalue weighted by Gasteiger charge is 2.34. The minimum absolute atomic E-state index is 0.0510. The molecule has 1 aromatic carbocycles. The SMILES string of the molecule is COC(=O)CC1c2cc(OC)c(OC)cc2CCN1C(=O)Cc1csc(C(C)C)n1. The van der Waals surface area contributed by atoms with E-state index >= 15 is 0 Å². The highest BCUT2D eigenvalue weighted by Crippen LogP contribution is 2.39. The van der Waals surface area contributed by atoms with Crippen LogP contribution in [0, 0.1) is 0 Å². The predicted molar refractivity (Wildman–Crippen MR) is 114 cm³/mol. The molecule has 0 spiro atoms. The van der Waals surface area contributed by atoms with Crippen LogP contribution in [0.25, 0.3) is 0 Å². The normalized spacial score (nSPS) is 15.7. The molecule has 0 saturated carbocycles. The highest BCUT2D eigenvalue weighted by molar-refractivity contribution is 7.09. The number of amides is 1. The maximum atomic E-state index is 13.2. The standard InChI is InChI=1S/C22H28N2O5S/c1-13(2)22-23-15(12-30-22)9-20(25)24-7-6-14-8-18(27-3)19(28-4)10-16(14)17(24)11-21(26)29-5/h8,10,12-13,17H,6-7,9,11H2,1-5H3. The first kappa shape index (κ1) is 22.1. The Morgan fingerprint density at radius 3 is 2.50 bits per heavy atom. The molecule has 3 rings (SSSR count). The van der Waals surface area contributed by atoms with Gasteiger partial charge in [0.05, 0.1) is 50.9 Å². The summed E-state index contributed by atoms with van der Waals surface area (Å²) in [5, 5.41) is 2.96. The summed E-state index contributed by atoms with van der Waals surface area (Å²) in [7, 11) is 4.52. The molecule has 0 aliphatic carbocycles. The van der Waals surface area contributed by atoms with Crippen molar-refractivity contribution in [2.24, 2.45) is 0 Å². The number of ether oxygens (including phenoxy) is 3. The van der Waals surface area contributed by atoms with Crippen molar-refractivity contribution >= 4 is 23.2 Å². The fourth-order valence-corrected chi connectivity index (χ4v) is 4.55. The molecule has 8 heteroatoms. The molecule has 1 atom stereocenters. The molecule has 1 aliphatic heterocycles. The second kappa shape index (κ2) is 9.47. The lowest BCUT2D eigenvalue weighted by molar-refractivity contribution is -0.144. The molecule has 1 aliphatic rings. The van der Waals surface area contributed by atoms with E-state index in [-0.39, 0.29) is 24.7 Å². The lowest BCUT2D eigenvalue weighted by Crippen LogP contribution is -2.42. The van der Waals surface area contributed by atoms with Gasteiger partial charge in [-0.15, -0.1) is 11.3 Å². The number of hydrogen-bond donors (Lipinski definition) is 0. The Morgan fingerprint density at radius 2 is 1.90 bits per heavy atom. The van der Waals surface area contributed by atoms with E-state index < -0.39 is 6.04 Å². The zero-order chi connectivity index (χ0) is 21.8. The van der Waals surface area contributed by atoms with Gasteiger partial charge in [-0.05, 0) is 29.7 Å². The van der Waals surface area contributed by atoms with Crippen LogP contribution in [0.4, 0.5) is 0 Å². The lowest BCUT2D eigenvalue weighted by atomic mass is 9.89. The Kier molecular flexibility index (Phi) is 6.97. The second-order valence-electron chi connectivity index (χ2n) is 7.55. The molecular formula is C22H28N2O5S. The van der Waals surface area contributed by atoms with Crippen LogP contribution in [0.1, 0.15) is 54.1 Å². The van der Waals surface area contributed by atoms with E-state index in [0.29, 0.717) is 30.4 Å². The van der Waals surface area contributed by atoms with Crippen molar-refractivity contribution in [3.05, 3.63) is 39.3 Å². The summed E-state index contributed by atoms with van der Waals surface area (Å²) < 4.78 is 15.8. The Bertz CT molecular complexity index is 924. The van der Waals surface area contributed by atoms with E-state index in [4.69, 9.17) is 14.2 Å². The van der Waals surface area contributed by atoms with E-state index in [9.17, 15) is 9.59 Å². The maximum absolute atomic E-state index is 13.2. The first-order chi connectivity index (χ1) is 14.4. The number of fused-ring (bicyclic) bond motifs is 1. The van der Waals surface area contributed by atoms with Crippen LogP contribution in [0.3, 0.4) is 0 Å². The number of carbonyl (C=O) groups excluding carboxylic acids is 2. The first-order valence-corrected chi connectivity index (χ1v) is 10.8. The molecule has 1 unspecified atom stereocenters. The van der Waals surface area contributed by atoms with Crippen molar-refractivity contribution < 1.29 is 23.8 Å². The topological polar surface area (TPSA) is 78.0 Å². The van der Waals surface area contributed by atoms with E-state index in [2.05, 4.69) is 18.8 Å². The van der Waals surface area contributed by atoms with Crippen LogP contribution in [0.15, 0.2) is 17.5 Å². The smallest absolute Gasteiger partial charge is 0.307 e. The lowest BCUT2D eigenvalue weighted by Gasteiger charge is -2.37. The van der Waals surface area contributed by atoms with Crippen LogP contribution in [-0.2, 0) is 27.2 Å². The molecule has 30 heavy (non-hydrogen) atoms. The zero-order valence-corrected chi connectivity index (χ0v) is 18.9. The minimum Gasteiger partial charge on any atom is -0.493 e. The number of hydrogen-bond acceptors (Lipinski definition) is 7. The molecule has 0 radical (unpaired) electrons. The summed E-state index contributed by atoms with van der Waals surface area (Å²) >= 11 is 1.57. The third-order valence-corrected chi connectivity index (χ3v) is 6.50. The van der Waals surface area contributed by atoms with Crippen LogP contribution in [0.5, 0.6) is 11.5 Å². The Hall–Kier alpha value is -2.61. The Labute approximate surface area is 181 Å². The summed E-state index contributed by atoms with van der Waals surface area (Å²) in [6.45, 7) is 4.68. The number of benzene rings is 1. The zero-order valence-electron chi connectivity index (χ0n) is 18.1. The number of nitrogens with zero attached hydrogens (tertiary/aromatic N) is 2. The third kappa shape index (κ3) is 4.59. The Morgan fingerprint density at radius 1 is 1.20 bits per heavy atom. The average Bonchev–Trinajstić information content (AvgIpc) is 3.21. The van der Waals surface area contributed by atoms with Crippen molar-refractivity contribution in [3.63, 3.8) is 0 Å². The average molecular weight is 433 g/mol. The van der Waals surface area contributed by atoms with Crippen molar-refractivity contribution in [2.45, 2.75) is 45.1 Å². The summed E-state index contributed by atoms with van der Waals surface area (Å²) in [5.74, 6) is 1.12. The van der Waals surface area contributed by atoms with Crippen LogP contribution in [0.2, 0.25) is 0 Å². The van der Waals surface area contributed by atoms with E-state index in [1.54, 1.807) is 30.5 Å². The molecule has 162 valence electrons. The fourth-order valence-electron chi connectivity index (χ4n) is 3.71.